The van der Waals surface area contributed by atoms with Gasteiger partial charge in [-0.25, -0.2) is 4.68 Å². The molecule has 0 amide bonds. The Morgan fingerprint density at radius 1 is 1.04 bits per heavy atom. The molecule has 1 aromatic heterocycles. The van der Waals surface area contributed by atoms with Crippen LogP contribution < -0.4 is 5.32 Å². The number of nitrogens with one attached hydrogen (secondary N) is 1. The number of para-hydroxylation sites is 1. The monoisotopic (exact) mass is 335 g/mol. The van der Waals surface area contributed by atoms with Crippen LogP contribution in [0.4, 0.5) is 0 Å². The summed E-state index contributed by atoms with van der Waals surface area (Å²) in [7, 11) is 0. The van der Waals surface area contributed by atoms with Crippen molar-refractivity contribution in [3.05, 3.63) is 71.9 Å². The maximum Gasteiger partial charge on any atom is 0.0972 e. The van der Waals surface area contributed by atoms with Crippen molar-refractivity contribution in [1.82, 2.24) is 15.1 Å². The van der Waals surface area contributed by atoms with Crippen LogP contribution in [-0.2, 0) is 6.54 Å². The highest BCUT2D eigenvalue weighted by Gasteiger charge is 2.15. The van der Waals surface area contributed by atoms with E-state index in [9.17, 15) is 5.11 Å². The zero-order chi connectivity index (χ0) is 17.9. The molecule has 130 valence electrons. The first-order chi connectivity index (χ1) is 11.9. The third-order valence-electron chi connectivity index (χ3n) is 4.01. The largest absolute Gasteiger partial charge is 0.389 e. The van der Waals surface area contributed by atoms with Crippen molar-refractivity contribution in [2.75, 3.05) is 6.54 Å². The summed E-state index contributed by atoms with van der Waals surface area (Å²) in [5, 5.41) is 18.0. The number of aliphatic hydroxyl groups is 1. The van der Waals surface area contributed by atoms with E-state index in [1.807, 2.05) is 35.0 Å². The van der Waals surface area contributed by atoms with E-state index in [4.69, 9.17) is 5.10 Å². The summed E-state index contributed by atoms with van der Waals surface area (Å²) < 4.78 is 1.91. The number of hydrogen-bond donors (Lipinski definition) is 2. The molecular weight excluding hydrogens is 310 g/mol. The van der Waals surface area contributed by atoms with Crippen molar-refractivity contribution in [2.24, 2.45) is 0 Å². The Morgan fingerprint density at radius 3 is 2.36 bits per heavy atom. The Balaban J connectivity index is 1.93. The molecule has 0 aliphatic rings. The molecular formula is C21H25N3O. The summed E-state index contributed by atoms with van der Waals surface area (Å²) in [5.41, 5.74) is 4.70. The zero-order valence-corrected chi connectivity index (χ0v) is 15.0. The highest BCUT2D eigenvalue weighted by molar-refractivity contribution is 5.63. The summed E-state index contributed by atoms with van der Waals surface area (Å²) in [6.07, 6.45) is 2.06. The molecule has 2 N–H and O–H groups in total. The van der Waals surface area contributed by atoms with Gasteiger partial charge in [-0.3, -0.25) is 0 Å². The minimum atomic E-state index is -0.737. The Kier molecular flexibility index (Phi) is 5.02. The Labute approximate surface area is 149 Å². The smallest absolute Gasteiger partial charge is 0.0972 e. The first-order valence-corrected chi connectivity index (χ1v) is 8.56. The van der Waals surface area contributed by atoms with Gasteiger partial charge >= 0.3 is 0 Å². The van der Waals surface area contributed by atoms with Gasteiger partial charge in [0, 0.05) is 30.4 Å². The fourth-order valence-corrected chi connectivity index (χ4v) is 2.71. The van der Waals surface area contributed by atoms with E-state index in [2.05, 4.69) is 42.7 Å². The molecule has 4 heteroatoms. The molecule has 3 rings (SSSR count). The van der Waals surface area contributed by atoms with Crippen LogP contribution in [0.1, 0.15) is 25.0 Å². The lowest BCUT2D eigenvalue weighted by Crippen LogP contribution is -2.34. The minimum absolute atomic E-state index is 0.525. The van der Waals surface area contributed by atoms with Gasteiger partial charge in [-0.05, 0) is 32.9 Å². The molecule has 0 unspecified atom stereocenters. The van der Waals surface area contributed by atoms with E-state index in [-0.39, 0.29) is 0 Å². The van der Waals surface area contributed by atoms with Gasteiger partial charge in [0.05, 0.1) is 17.0 Å². The van der Waals surface area contributed by atoms with Crippen molar-refractivity contribution >= 4 is 0 Å². The van der Waals surface area contributed by atoms with Crippen LogP contribution in [0.2, 0.25) is 0 Å². The maximum absolute atomic E-state index is 9.91. The van der Waals surface area contributed by atoms with Crippen LogP contribution in [-0.4, -0.2) is 27.0 Å². The van der Waals surface area contributed by atoms with E-state index >= 15 is 0 Å². The fraction of sp³-hybridized carbons (Fsp3) is 0.286. The molecule has 0 bridgehead atoms. The minimum Gasteiger partial charge on any atom is -0.389 e. The van der Waals surface area contributed by atoms with Crippen molar-refractivity contribution in [1.29, 1.82) is 0 Å². The molecule has 0 radical (unpaired) electrons. The highest BCUT2D eigenvalue weighted by atomic mass is 16.3. The van der Waals surface area contributed by atoms with Gasteiger partial charge in [-0.1, -0.05) is 48.0 Å². The molecule has 0 aliphatic heterocycles. The van der Waals surface area contributed by atoms with Crippen LogP contribution in [0.25, 0.3) is 16.9 Å². The number of rotatable bonds is 6. The number of nitrogens with zero attached hydrogens (tertiary/aromatic N) is 2. The quantitative estimate of drug-likeness (QED) is 0.722. The summed E-state index contributed by atoms with van der Waals surface area (Å²) in [5.74, 6) is 0. The van der Waals surface area contributed by atoms with Crippen LogP contribution in [0.15, 0.2) is 60.8 Å². The van der Waals surface area contributed by atoms with Crippen LogP contribution in [0.3, 0.4) is 0 Å². The molecule has 0 saturated heterocycles. The molecule has 2 aromatic carbocycles. The third-order valence-corrected chi connectivity index (χ3v) is 4.01. The Bertz CT molecular complexity index is 815. The first kappa shape index (κ1) is 17.4. The molecule has 0 fully saturated rings. The lowest BCUT2D eigenvalue weighted by atomic mass is 10.1. The van der Waals surface area contributed by atoms with Gasteiger partial charge < -0.3 is 10.4 Å². The molecule has 1 heterocycles. The molecule has 0 saturated carbocycles. The van der Waals surface area contributed by atoms with Crippen molar-refractivity contribution in [3.63, 3.8) is 0 Å². The van der Waals surface area contributed by atoms with Gasteiger partial charge in [-0.15, -0.1) is 0 Å². The Morgan fingerprint density at radius 2 is 1.72 bits per heavy atom. The average Bonchev–Trinajstić information content (AvgIpc) is 2.99. The van der Waals surface area contributed by atoms with Crippen molar-refractivity contribution < 1.29 is 5.11 Å². The van der Waals surface area contributed by atoms with E-state index < -0.39 is 5.60 Å². The summed E-state index contributed by atoms with van der Waals surface area (Å²) in [4.78, 5) is 0. The van der Waals surface area contributed by atoms with Crippen molar-refractivity contribution in [3.8, 4) is 16.9 Å². The number of benzene rings is 2. The van der Waals surface area contributed by atoms with Crippen molar-refractivity contribution in [2.45, 2.75) is 32.9 Å². The third kappa shape index (κ3) is 4.56. The van der Waals surface area contributed by atoms with Gasteiger partial charge in [-0.2, -0.15) is 5.10 Å². The average molecular weight is 335 g/mol. The molecule has 3 aromatic rings. The summed E-state index contributed by atoms with van der Waals surface area (Å²) >= 11 is 0. The lowest BCUT2D eigenvalue weighted by Gasteiger charge is -2.17. The van der Waals surface area contributed by atoms with Gasteiger partial charge in [0.25, 0.3) is 0 Å². The van der Waals surface area contributed by atoms with E-state index in [1.165, 1.54) is 5.56 Å². The van der Waals surface area contributed by atoms with Gasteiger partial charge in [0.2, 0.25) is 0 Å². The van der Waals surface area contributed by atoms with E-state index in [0.717, 1.165) is 22.5 Å². The van der Waals surface area contributed by atoms with E-state index in [1.54, 1.807) is 13.8 Å². The number of aromatic nitrogens is 2. The molecule has 0 atom stereocenters. The van der Waals surface area contributed by atoms with Crippen LogP contribution >= 0.6 is 0 Å². The summed E-state index contributed by atoms with van der Waals surface area (Å²) in [6.45, 7) is 6.86. The molecule has 25 heavy (non-hydrogen) atoms. The predicted octanol–water partition coefficient (Wildman–Crippen LogP) is 3.71. The standard InChI is InChI=1S/C21H25N3O/c1-16-9-11-17(12-10-16)20-18(13-22-15-21(2,3)25)14-24(23-20)19-7-5-4-6-8-19/h4-12,14,22,25H,13,15H2,1-3H3. The van der Waals surface area contributed by atoms with Gasteiger partial charge in [0.15, 0.2) is 0 Å². The van der Waals surface area contributed by atoms with E-state index in [0.29, 0.717) is 13.1 Å². The normalized spacial score (nSPS) is 11.7. The second-order valence-corrected chi connectivity index (χ2v) is 7.07. The highest BCUT2D eigenvalue weighted by Crippen LogP contribution is 2.24. The van der Waals surface area contributed by atoms with Gasteiger partial charge in [0.1, 0.15) is 0 Å². The second-order valence-electron chi connectivity index (χ2n) is 7.07. The van der Waals surface area contributed by atoms with Crippen LogP contribution in [0, 0.1) is 6.92 Å². The lowest BCUT2D eigenvalue weighted by molar-refractivity contribution is 0.0795. The SMILES string of the molecule is Cc1ccc(-c2nn(-c3ccccc3)cc2CNCC(C)(C)O)cc1. The Hall–Kier alpha value is -2.43. The number of hydrogen-bond acceptors (Lipinski definition) is 3. The zero-order valence-electron chi connectivity index (χ0n) is 15.0. The molecule has 0 spiro atoms. The number of aryl methyl sites for hydroxylation is 1. The molecule has 4 nitrogen and oxygen atoms in total. The first-order valence-electron chi connectivity index (χ1n) is 8.56. The predicted molar refractivity (Wildman–Crippen MR) is 102 cm³/mol. The summed E-state index contributed by atoms with van der Waals surface area (Å²) in [6, 6.07) is 18.5. The second kappa shape index (κ2) is 7.21. The fourth-order valence-electron chi connectivity index (χ4n) is 2.71. The van der Waals surface area contributed by atoms with Crippen LogP contribution in [0.5, 0.6) is 0 Å². The topological polar surface area (TPSA) is 50.1 Å². The maximum atomic E-state index is 9.91. The molecule has 0 aliphatic carbocycles.